The van der Waals surface area contributed by atoms with E-state index in [1.54, 1.807) is 12.1 Å². The van der Waals surface area contributed by atoms with Gasteiger partial charge in [0.25, 0.3) is 0 Å². The van der Waals surface area contributed by atoms with Gasteiger partial charge in [0, 0.05) is 17.3 Å². The molecule has 0 saturated carbocycles. The Balaban J connectivity index is 2.22. The highest BCUT2D eigenvalue weighted by molar-refractivity contribution is 6.30. The van der Waals surface area contributed by atoms with Crippen LogP contribution in [0.5, 0.6) is 0 Å². The van der Waals surface area contributed by atoms with E-state index in [-0.39, 0.29) is 6.04 Å². The first-order chi connectivity index (χ1) is 7.18. The number of rotatable bonds is 2. The number of halogens is 1. The van der Waals surface area contributed by atoms with Gasteiger partial charge >= 0.3 is 5.97 Å². The summed E-state index contributed by atoms with van der Waals surface area (Å²) in [4.78, 5) is 12.9. The molecule has 1 aromatic rings. The second-order valence-corrected chi connectivity index (χ2v) is 4.10. The van der Waals surface area contributed by atoms with Gasteiger partial charge in [-0.1, -0.05) is 11.6 Å². The van der Waals surface area contributed by atoms with Gasteiger partial charge in [-0.15, -0.1) is 0 Å². The van der Waals surface area contributed by atoms with Gasteiger partial charge in [-0.2, -0.15) is 0 Å². The van der Waals surface area contributed by atoms with Crippen molar-refractivity contribution in [2.45, 2.75) is 18.9 Å². The van der Waals surface area contributed by atoms with Crippen LogP contribution in [0.2, 0.25) is 5.02 Å². The molecule has 4 heteroatoms. The number of hydrogen-bond donors (Lipinski definition) is 1. The first-order valence-corrected chi connectivity index (χ1v) is 5.31. The summed E-state index contributed by atoms with van der Waals surface area (Å²) in [6.07, 6.45) is 1.65. The smallest absolute Gasteiger partial charge is 0.326 e. The molecular formula is C11H12ClNO2. The molecule has 1 heterocycles. The average Bonchev–Trinajstić information content (AvgIpc) is 2.67. The first-order valence-electron chi connectivity index (χ1n) is 4.93. The molecule has 1 atom stereocenters. The average molecular weight is 226 g/mol. The molecule has 1 aromatic carbocycles. The van der Waals surface area contributed by atoms with Crippen molar-refractivity contribution in [3.05, 3.63) is 29.3 Å². The van der Waals surface area contributed by atoms with Crippen molar-refractivity contribution in [2.24, 2.45) is 0 Å². The van der Waals surface area contributed by atoms with E-state index in [2.05, 4.69) is 0 Å². The van der Waals surface area contributed by atoms with E-state index >= 15 is 0 Å². The third kappa shape index (κ3) is 2.07. The summed E-state index contributed by atoms with van der Waals surface area (Å²) < 4.78 is 0. The van der Waals surface area contributed by atoms with Crippen molar-refractivity contribution in [1.82, 2.24) is 0 Å². The van der Waals surface area contributed by atoms with Crippen LogP contribution in [0.4, 0.5) is 5.69 Å². The second kappa shape index (κ2) is 4.11. The molecule has 0 amide bonds. The van der Waals surface area contributed by atoms with Gasteiger partial charge in [0.05, 0.1) is 0 Å². The van der Waals surface area contributed by atoms with Crippen molar-refractivity contribution in [2.75, 3.05) is 11.4 Å². The molecule has 1 N–H and O–H groups in total. The van der Waals surface area contributed by atoms with Gasteiger partial charge in [-0.3, -0.25) is 0 Å². The van der Waals surface area contributed by atoms with Gasteiger partial charge in [-0.05, 0) is 37.1 Å². The van der Waals surface area contributed by atoms with Gasteiger partial charge in [0.15, 0.2) is 0 Å². The summed E-state index contributed by atoms with van der Waals surface area (Å²) in [6.45, 7) is 0.804. The molecule has 80 valence electrons. The summed E-state index contributed by atoms with van der Waals surface area (Å²) in [5.41, 5.74) is 0.935. The van der Waals surface area contributed by atoms with Crippen molar-refractivity contribution in [3.63, 3.8) is 0 Å². The predicted octanol–water partition coefficient (Wildman–Crippen LogP) is 2.39. The molecule has 0 spiro atoms. The topological polar surface area (TPSA) is 40.5 Å². The highest BCUT2D eigenvalue weighted by atomic mass is 35.5. The normalized spacial score (nSPS) is 20.6. The molecule has 0 bridgehead atoms. The second-order valence-electron chi connectivity index (χ2n) is 3.67. The number of anilines is 1. The van der Waals surface area contributed by atoms with Crippen LogP contribution in [-0.2, 0) is 4.79 Å². The van der Waals surface area contributed by atoms with Gasteiger partial charge < -0.3 is 10.0 Å². The number of hydrogen-bond acceptors (Lipinski definition) is 2. The minimum Gasteiger partial charge on any atom is -0.480 e. The molecule has 1 fully saturated rings. The maximum Gasteiger partial charge on any atom is 0.326 e. The Hall–Kier alpha value is -1.22. The Bertz CT molecular complexity index is 363. The van der Waals surface area contributed by atoms with Crippen LogP contribution in [0, 0.1) is 0 Å². The Kier molecular flexibility index (Phi) is 2.82. The van der Waals surface area contributed by atoms with Crippen LogP contribution in [0.15, 0.2) is 24.3 Å². The number of carboxylic acids is 1. The Morgan fingerprint density at radius 2 is 2.07 bits per heavy atom. The Labute approximate surface area is 93.3 Å². The first kappa shape index (κ1) is 10.3. The molecule has 15 heavy (non-hydrogen) atoms. The molecule has 0 aromatic heterocycles. The quantitative estimate of drug-likeness (QED) is 0.840. The third-order valence-corrected chi connectivity index (χ3v) is 2.95. The highest BCUT2D eigenvalue weighted by Crippen LogP contribution is 2.26. The van der Waals surface area contributed by atoms with E-state index in [9.17, 15) is 4.79 Å². The van der Waals surface area contributed by atoms with Crippen molar-refractivity contribution in [3.8, 4) is 0 Å². The number of nitrogens with zero attached hydrogens (tertiary/aromatic N) is 1. The number of carbonyl (C=O) groups is 1. The van der Waals surface area contributed by atoms with Crippen molar-refractivity contribution in [1.29, 1.82) is 0 Å². The van der Waals surface area contributed by atoms with Crippen molar-refractivity contribution < 1.29 is 9.90 Å². The highest BCUT2D eigenvalue weighted by Gasteiger charge is 2.30. The predicted molar refractivity (Wildman–Crippen MR) is 59.5 cm³/mol. The van der Waals surface area contributed by atoms with Gasteiger partial charge in [-0.25, -0.2) is 4.79 Å². The van der Waals surface area contributed by atoms with Crippen LogP contribution in [0.1, 0.15) is 12.8 Å². The number of carboxylic acid groups (broad SMARTS) is 1. The number of aliphatic carboxylic acids is 1. The zero-order chi connectivity index (χ0) is 10.8. The Morgan fingerprint density at radius 1 is 1.40 bits per heavy atom. The molecule has 1 aliphatic rings. The lowest BCUT2D eigenvalue weighted by molar-refractivity contribution is -0.138. The van der Waals surface area contributed by atoms with Crippen LogP contribution < -0.4 is 4.90 Å². The van der Waals surface area contributed by atoms with Crippen LogP contribution in [-0.4, -0.2) is 23.7 Å². The number of benzene rings is 1. The van der Waals surface area contributed by atoms with E-state index in [0.29, 0.717) is 5.02 Å². The lowest BCUT2D eigenvalue weighted by Crippen LogP contribution is -2.35. The van der Waals surface area contributed by atoms with Gasteiger partial charge in [0.2, 0.25) is 0 Å². The summed E-state index contributed by atoms with van der Waals surface area (Å²) in [7, 11) is 0. The molecule has 0 aliphatic carbocycles. The fourth-order valence-corrected chi connectivity index (χ4v) is 2.09. The summed E-state index contributed by atoms with van der Waals surface area (Å²) in [5.74, 6) is -0.748. The summed E-state index contributed by atoms with van der Waals surface area (Å²) in [6, 6.07) is 6.92. The van der Waals surface area contributed by atoms with E-state index in [1.807, 2.05) is 17.0 Å². The molecule has 0 radical (unpaired) electrons. The van der Waals surface area contributed by atoms with Crippen LogP contribution in [0.3, 0.4) is 0 Å². The molecular weight excluding hydrogens is 214 g/mol. The van der Waals surface area contributed by atoms with E-state index < -0.39 is 5.97 Å². The molecule has 2 rings (SSSR count). The largest absolute Gasteiger partial charge is 0.480 e. The molecule has 1 aliphatic heterocycles. The monoisotopic (exact) mass is 225 g/mol. The molecule has 3 nitrogen and oxygen atoms in total. The van der Waals surface area contributed by atoms with E-state index in [0.717, 1.165) is 25.1 Å². The van der Waals surface area contributed by atoms with E-state index in [1.165, 1.54) is 0 Å². The van der Waals surface area contributed by atoms with E-state index in [4.69, 9.17) is 16.7 Å². The van der Waals surface area contributed by atoms with Crippen molar-refractivity contribution >= 4 is 23.3 Å². The maximum atomic E-state index is 11.0. The zero-order valence-electron chi connectivity index (χ0n) is 8.19. The minimum absolute atomic E-state index is 0.383. The lowest BCUT2D eigenvalue weighted by Gasteiger charge is -2.23. The van der Waals surface area contributed by atoms with Crippen LogP contribution in [0.25, 0.3) is 0 Å². The lowest BCUT2D eigenvalue weighted by atomic mass is 10.2. The fourth-order valence-electron chi connectivity index (χ4n) is 1.97. The zero-order valence-corrected chi connectivity index (χ0v) is 8.94. The van der Waals surface area contributed by atoms with Gasteiger partial charge in [0.1, 0.15) is 6.04 Å². The molecule has 1 saturated heterocycles. The van der Waals surface area contributed by atoms with Crippen LogP contribution >= 0.6 is 11.6 Å². The fraction of sp³-hybridized carbons (Fsp3) is 0.364. The standard InChI is InChI=1S/C11H12ClNO2/c12-8-3-5-9(6-4-8)13-7-1-2-10(13)11(14)15/h3-6,10H,1-2,7H2,(H,14,15)/t10-/m1/s1. The minimum atomic E-state index is -0.748. The SMILES string of the molecule is O=C(O)[C@H]1CCCN1c1ccc(Cl)cc1. The summed E-state index contributed by atoms with van der Waals surface area (Å²) >= 11 is 5.78. The Morgan fingerprint density at radius 3 is 2.67 bits per heavy atom. The molecule has 0 unspecified atom stereocenters. The summed E-state index contributed by atoms with van der Waals surface area (Å²) in [5, 5.41) is 9.70. The third-order valence-electron chi connectivity index (χ3n) is 2.70. The maximum absolute atomic E-state index is 11.0.